The molecule has 2 aliphatic heterocycles. The molecule has 17 heavy (non-hydrogen) atoms. The normalized spacial score (nSPS) is 25.5. The number of hydrogen-bond donors (Lipinski definition) is 1. The van der Waals surface area contributed by atoms with Gasteiger partial charge in [-0.1, -0.05) is 30.3 Å². The summed E-state index contributed by atoms with van der Waals surface area (Å²) >= 11 is 0. The number of likely N-dealkylation sites (tertiary alicyclic amines) is 1. The maximum Gasteiger partial charge on any atom is 0.0320 e. The van der Waals surface area contributed by atoms with Gasteiger partial charge in [-0.25, -0.2) is 0 Å². The Kier molecular flexibility index (Phi) is 2.93. The van der Waals surface area contributed by atoms with Crippen LogP contribution in [0.4, 0.5) is 0 Å². The van der Waals surface area contributed by atoms with E-state index >= 15 is 0 Å². The molecule has 0 radical (unpaired) electrons. The monoisotopic (exact) mass is 230 g/mol. The third kappa shape index (κ3) is 2.12. The van der Waals surface area contributed by atoms with Crippen LogP contribution < -0.4 is 5.32 Å². The molecule has 1 unspecified atom stereocenters. The highest BCUT2D eigenvalue weighted by Crippen LogP contribution is 2.36. The van der Waals surface area contributed by atoms with E-state index in [9.17, 15) is 0 Å². The first-order valence-electron chi connectivity index (χ1n) is 6.79. The summed E-state index contributed by atoms with van der Waals surface area (Å²) in [6.07, 6.45) is 2.77. The van der Waals surface area contributed by atoms with Gasteiger partial charge in [0.05, 0.1) is 0 Å². The summed E-state index contributed by atoms with van der Waals surface area (Å²) in [5.74, 6) is 0. The molecular weight excluding hydrogens is 208 g/mol. The van der Waals surface area contributed by atoms with Gasteiger partial charge in [0.1, 0.15) is 0 Å². The van der Waals surface area contributed by atoms with Crippen LogP contribution in [0.2, 0.25) is 0 Å². The highest BCUT2D eigenvalue weighted by atomic mass is 15.2. The minimum atomic E-state index is 0.564. The van der Waals surface area contributed by atoms with Crippen LogP contribution in [-0.2, 0) is 0 Å². The van der Waals surface area contributed by atoms with Gasteiger partial charge < -0.3 is 5.32 Å². The van der Waals surface area contributed by atoms with Crippen LogP contribution >= 0.6 is 0 Å². The van der Waals surface area contributed by atoms with Gasteiger partial charge in [0.15, 0.2) is 0 Å². The molecule has 1 spiro atoms. The van der Waals surface area contributed by atoms with E-state index in [4.69, 9.17) is 0 Å². The van der Waals surface area contributed by atoms with Crippen molar-refractivity contribution < 1.29 is 0 Å². The molecule has 3 rings (SSSR count). The van der Waals surface area contributed by atoms with Crippen molar-refractivity contribution in [3.8, 4) is 0 Å². The lowest BCUT2D eigenvalue weighted by Gasteiger charge is -2.50. The summed E-state index contributed by atoms with van der Waals surface area (Å²) < 4.78 is 0. The van der Waals surface area contributed by atoms with E-state index in [1.54, 1.807) is 0 Å². The first-order chi connectivity index (χ1) is 8.29. The Balaban J connectivity index is 1.71. The second-order valence-corrected chi connectivity index (χ2v) is 5.76. The zero-order valence-electron chi connectivity index (χ0n) is 10.7. The quantitative estimate of drug-likeness (QED) is 0.839. The molecule has 2 saturated heterocycles. The topological polar surface area (TPSA) is 15.3 Å². The van der Waals surface area contributed by atoms with Gasteiger partial charge in [0.25, 0.3) is 0 Å². The molecule has 0 amide bonds. The number of benzene rings is 1. The molecule has 2 fully saturated rings. The van der Waals surface area contributed by atoms with Gasteiger partial charge >= 0.3 is 0 Å². The molecule has 2 heterocycles. The molecule has 92 valence electrons. The van der Waals surface area contributed by atoms with Crippen LogP contribution in [0.25, 0.3) is 0 Å². The van der Waals surface area contributed by atoms with Crippen molar-refractivity contribution in [2.24, 2.45) is 5.41 Å². The molecule has 0 bridgehead atoms. The van der Waals surface area contributed by atoms with Gasteiger partial charge in [0, 0.05) is 31.1 Å². The lowest BCUT2D eigenvalue weighted by Crippen LogP contribution is -2.61. The van der Waals surface area contributed by atoms with Gasteiger partial charge in [0.2, 0.25) is 0 Å². The maximum absolute atomic E-state index is 3.44. The third-order valence-electron chi connectivity index (χ3n) is 4.52. The highest BCUT2D eigenvalue weighted by Gasteiger charge is 2.41. The predicted octanol–water partition coefficient (Wildman–Crippen LogP) is 2.43. The minimum Gasteiger partial charge on any atom is -0.315 e. The Morgan fingerprint density at radius 1 is 1.24 bits per heavy atom. The largest absolute Gasteiger partial charge is 0.315 e. The molecule has 2 nitrogen and oxygen atoms in total. The van der Waals surface area contributed by atoms with Crippen LogP contribution in [-0.4, -0.2) is 31.1 Å². The second-order valence-electron chi connectivity index (χ2n) is 5.76. The van der Waals surface area contributed by atoms with E-state index in [2.05, 4.69) is 47.5 Å². The van der Waals surface area contributed by atoms with Gasteiger partial charge in [-0.15, -0.1) is 0 Å². The molecule has 2 heteroatoms. The Morgan fingerprint density at radius 2 is 2.00 bits per heavy atom. The van der Waals surface area contributed by atoms with E-state index in [1.165, 1.54) is 44.6 Å². The zero-order valence-corrected chi connectivity index (χ0v) is 10.7. The van der Waals surface area contributed by atoms with Gasteiger partial charge in [-0.3, -0.25) is 4.90 Å². The SMILES string of the molecule is CC(c1ccccc1)N1CCCC2(CNC2)C1. The summed E-state index contributed by atoms with van der Waals surface area (Å²) in [5.41, 5.74) is 2.05. The Bertz CT molecular complexity index is 370. The molecule has 0 saturated carbocycles. The van der Waals surface area contributed by atoms with Gasteiger partial charge in [-0.05, 0) is 31.9 Å². The van der Waals surface area contributed by atoms with Crippen molar-refractivity contribution in [1.82, 2.24) is 10.2 Å². The van der Waals surface area contributed by atoms with Crippen molar-refractivity contribution >= 4 is 0 Å². The minimum absolute atomic E-state index is 0.564. The molecule has 0 aliphatic carbocycles. The van der Waals surface area contributed by atoms with Gasteiger partial charge in [-0.2, -0.15) is 0 Å². The molecule has 1 aromatic carbocycles. The molecule has 0 aromatic heterocycles. The van der Waals surface area contributed by atoms with Crippen LogP contribution in [0.1, 0.15) is 31.4 Å². The first kappa shape index (κ1) is 11.2. The predicted molar refractivity (Wildman–Crippen MR) is 71.0 cm³/mol. The standard InChI is InChI=1S/C15H22N2/c1-13(14-6-3-2-4-7-14)17-9-5-8-15(12-17)10-16-11-15/h2-4,6-7,13,16H,5,8-12H2,1H3. The Morgan fingerprint density at radius 3 is 2.65 bits per heavy atom. The van der Waals surface area contributed by atoms with E-state index in [0.29, 0.717) is 11.5 Å². The van der Waals surface area contributed by atoms with Crippen LogP contribution in [0.15, 0.2) is 30.3 Å². The average Bonchev–Trinajstić information content (AvgIpc) is 2.37. The summed E-state index contributed by atoms with van der Waals surface area (Å²) in [7, 11) is 0. The number of piperidine rings is 1. The van der Waals surface area contributed by atoms with Crippen LogP contribution in [0, 0.1) is 5.41 Å². The molecule has 2 aliphatic rings. The number of hydrogen-bond acceptors (Lipinski definition) is 2. The number of nitrogens with zero attached hydrogens (tertiary/aromatic N) is 1. The second kappa shape index (κ2) is 4.43. The molecule has 1 aromatic rings. The zero-order chi connectivity index (χ0) is 11.7. The van der Waals surface area contributed by atoms with Crippen molar-refractivity contribution in [3.63, 3.8) is 0 Å². The molecular formula is C15H22N2. The number of rotatable bonds is 2. The van der Waals surface area contributed by atoms with Crippen molar-refractivity contribution in [2.45, 2.75) is 25.8 Å². The fourth-order valence-corrected chi connectivity index (χ4v) is 3.29. The van der Waals surface area contributed by atoms with Crippen LogP contribution in [0.5, 0.6) is 0 Å². The van der Waals surface area contributed by atoms with Crippen molar-refractivity contribution in [3.05, 3.63) is 35.9 Å². The number of nitrogens with one attached hydrogen (secondary N) is 1. The Labute approximate surface area is 104 Å². The van der Waals surface area contributed by atoms with Crippen molar-refractivity contribution in [1.29, 1.82) is 0 Å². The summed E-state index contributed by atoms with van der Waals surface area (Å²) in [5, 5.41) is 3.44. The van der Waals surface area contributed by atoms with E-state index < -0.39 is 0 Å². The molecule has 1 atom stereocenters. The van der Waals surface area contributed by atoms with E-state index in [-0.39, 0.29) is 0 Å². The summed E-state index contributed by atoms with van der Waals surface area (Å²) in [6.45, 7) is 7.34. The average molecular weight is 230 g/mol. The van der Waals surface area contributed by atoms with Crippen molar-refractivity contribution in [2.75, 3.05) is 26.2 Å². The fourth-order valence-electron chi connectivity index (χ4n) is 3.29. The summed E-state index contributed by atoms with van der Waals surface area (Å²) in [4.78, 5) is 2.67. The smallest absolute Gasteiger partial charge is 0.0320 e. The first-order valence-corrected chi connectivity index (χ1v) is 6.79. The third-order valence-corrected chi connectivity index (χ3v) is 4.52. The maximum atomic E-state index is 3.44. The Hall–Kier alpha value is -0.860. The summed E-state index contributed by atoms with van der Waals surface area (Å²) in [6, 6.07) is 11.5. The van der Waals surface area contributed by atoms with E-state index in [1.807, 2.05) is 0 Å². The lowest BCUT2D eigenvalue weighted by atomic mass is 9.74. The lowest BCUT2D eigenvalue weighted by molar-refractivity contribution is 0.0215. The fraction of sp³-hybridized carbons (Fsp3) is 0.600. The molecule has 1 N–H and O–H groups in total. The van der Waals surface area contributed by atoms with E-state index in [0.717, 1.165) is 0 Å². The van der Waals surface area contributed by atoms with Crippen LogP contribution in [0.3, 0.4) is 0 Å². The highest BCUT2D eigenvalue weighted by molar-refractivity contribution is 5.18.